The van der Waals surface area contributed by atoms with Gasteiger partial charge in [0.15, 0.2) is 10.9 Å². The SMILES string of the molecule is CC1=C(C(=O)Nc2cc(C)on2)C(c2ccc(Br)cc2)NC(=S)N1C1CC1. The van der Waals surface area contributed by atoms with Crippen LogP contribution in [0.3, 0.4) is 0 Å². The average molecular weight is 447 g/mol. The van der Waals surface area contributed by atoms with Gasteiger partial charge in [-0.05, 0) is 56.6 Å². The number of allylic oxidation sites excluding steroid dienone is 1. The molecule has 8 heteroatoms. The number of nitrogens with zero attached hydrogens (tertiary/aromatic N) is 2. The monoisotopic (exact) mass is 446 g/mol. The highest BCUT2D eigenvalue weighted by Gasteiger charge is 2.40. The van der Waals surface area contributed by atoms with Crippen LogP contribution in [0.4, 0.5) is 5.82 Å². The summed E-state index contributed by atoms with van der Waals surface area (Å²) in [5.41, 5.74) is 2.49. The number of carbonyl (C=O) groups is 1. The highest BCUT2D eigenvalue weighted by atomic mass is 79.9. The largest absolute Gasteiger partial charge is 0.360 e. The van der Waals surface area contributed by atoms with Crippen LogP contribution in [0.2, 0.25) is 0 Å². The Hall–Kier alpha value is -2.19. The molecule has 1 unspecified atom stereocenters. The van der Waals surface area contributed by atoms with Crippen molar-refractivity contribution in [2.45, 2.75) is 38.8 Å². The van der Waals surface area contributed by atoms with E-state index in [9.17, 15) is 4.79 Å². The number of rotatable bonds is 4. The molecule has 2 heterocycles. The summed E-state index contributed by atoms with van der Waals surface area (Å²) in [5.74, 6) is 0.830. The van der Waals surface area contributed by atoms with Gasteiger partial charge in [-0.15, -0.1) is 0 Å². The number of hydrogen-bond donors (Lipinski definition) is 2. The fourth-order valence-corrected chi connectivity index (χ4v) is 4.01. The second kappa shape index (κ2) is 7.09. The molecule has 2 aromatic rings. The predicted octanol–water partition coefficient (Wildman–Crippen LogP) is 4.05. The van der Waals surface area contributed by atoms with Crippen LogP contribution < -0.4 is 10.6 Å². The molecule has 0 spiro atoms. The van der Waals surface area contributed by atoms with Gasteiger partial charge in [0.2, 0.25) is 0 Å². The third-order valence-electron chi connectivity index (χ3n) is 4.76. The van der Waals surface area contributed by atoms with Gasteiger partial charge in [-0.1, -0.05) is 33.2 Å². The van der Waals surface area contributed by atoms with Crippen LogP contribution in [0.1, 0.15) is 37.1 Å². The first-order chi connectivity index (χ1) is 12.9. The van der Waals surface area contributed by atoms with Crippen molar-refractivity contribution in [2.24, 2.45) is 0 Å². The molecule has 140 valence electrons. The molecule has 0 saturated heterocycles. The van der Waals surface area contributed by atoms with E-state index in [0.29, 0.717) is 28.3 Å². The van der Waals surface area contributed by atoms with Gasteiger partial charge < -0.3 is 20.1 Å². The van der Waals surface area contributed by atoms with Crippen molar-refractivity contribution in [2.75, 3.05) is 5.32 Å². The van der Waals surface area contributed by atoms with Gasteiger partial charge in [0, 0.05) is 22.3 Å². The maximum atomic E-state index is 13.2. The molecule has 1 saturated carbocycles. The lowest BCUT2D eigenvalue weighted by Gasteiger charge is -2.38. The van der Waals surface area contributed by atoms with E-state index in [0.717, 1.165) is 28.6 Å². The van der Waals surface area contributed by atoms with Crippen LogP contribution in [0.15, 0.2) is 50.6 Å². The summed E-state index contributed by atoms with van der Waals surface area (Å²) in [6, 6.07) is 9.62. The van der Waals surface area contributed by atoms with Crippen LogP contribution in [0.5, 0.6) is 0 Å². The van der Waals surface area contributed by atoms with Gasteiger partial charge in [-0.25, -0.2) is 0 Å². The topological polar surface area (TPSA) is 70.4 Å². The quantitative estimate of drug-likeness (QED) is 0.690. The first kappa shape index (κ1) is 18.2. The smallest absolute Gasteiger partial charge is 0.257 e. The maximum absolute atomic E-state index is 13.2. The molecule has 27 heavy (non-hydrogen) atoms. The van der Waals surface area contributed by atoms with Gasteiger partial charge in [0.1, 0.15) is 5.76 Å². The number of halogens is 1. The molecule has 0 bridgehead atoms. The lowest BCUT2D eigenvalue weighted by Crippen LogP contribution is -2.49. The average Bonchev–Trinajstić information content (AvgIpc) is 3.37. The zero-order chi connectivity index (χ0) is 19.1. The third kappa shape index (κ3) is 3.64. The van der Waals surface area contributed by atoms with E-state index < -0.39 is 0 Å². The molecule has 1 fully saturated rings. The first-order valence-corrected chi connectivity index (χ1v) is 9.95. The van der Waals surface area contributed by atoms with E-state index in [1.54, 1.807) is 13.0 Å². The molecule has 4 rings (SSSR count). The Morgan fingerprint density at radius 1 is 1.33 bits per heavy atom. The van der Waals surface area contributed by atoms with Crippen LogP contribution in [0.25, 0.3) is 0 Å². The van der Waals surface area contributed by atoms with Crippen molar-refractivity contribution < 1.29 is 9.32 Å². The molecule has 0 radical (unpaired) electrons. The molecule has 2 aliphatic rings. The molecule has 1 aliphatic carbocycles. The number of benzene rings is 1. The Kier molecular flexibility index (Phi) is 4.77. The number of nitrogens with one attached hydrogen (secondary N) is 2. The van der Waals surface area contributed by atoms with Crippen LogP contribution in [-0.4, -0.2) is 27.1 Å². The summed E-state index contributed by atoms with van der Waals surface area (Å²) < 4.78 is 6.04. The van der Waals surface area contributed by atoms with E-state index >= 15 is 0 Å². The zero-order valence-corrected chi connectivity index (χ0v) is 17.4. The van der Waals surface area contributed by atoms with Crippen molar-refractivity contribution in [1.82, 2.24) is 15.4 Å². The number of carbonyl (C=O) groups excluding carboxylic acids is 1. The molecule has 2 N–H and O–H groups in total. The molecule has 1 aromatic heterocycles. The number of hydrogen-bond acceptors (Lipinski definition) is 4. The minimum Gasteiger partial charge on any atom is -0.360 e. The van der Waals surface area contributed by atoms with Crippen molar-refractivity contribution in [3.8, 4) is 0 Å². The van der Waals surface area contributed by atoms with Gasteiger partial charge in [-0.2, -0.15) is 0 Å². The zero-order valence-electron chi connectivity index (χ0n) is 15.0. The maximum Gasteiger partial charge on any atom is 0.257 e. The summed E-state index contributed by atoms with van der Waals surface area (Å²) in [4.78, 5) is 15.2. The second-order valence-corrected chi connectivity index (χ2v) is 8.11. The number of aromatic nitrogens is 1. The highest BCUT2D eigenvalue weighted by molar-refractivity contribution is 9.10. The first-order valence-electron chi connectivity index (χ1n) is 8.74. The Balaban J connectivity index is 1.73. The Morgan fingerprint density at radius 3 is 2.63 bits per heavy atom. The van der Waals surface area contributed by atoms with E-state index in [-0.39, 0.29) is 11.9 Å². The van der Waals surface area contributed by atoms with Crippen LogP contribution in [0, 0.1) is 6.92 Å². The summed E-state index contributed by atoms with van der Waals surface area (Å²) in [6.07, 6.45) is 2.17. The third-order valence-corrected chi connectivity index (χ3v) is 5.60. The molecule has 1 amide bonds. The molecule has 1 aromatic carbocycles. The van der Waals surface area contributed by atoms with E-state index in [1.165, 1.54) is 0 Å². The molecule has 6 nitrogen and oxygen atoms in total. The lowest BCUT2D eigenvalue weighted by molar-refractivity contribution is -0.113. The Labute approximate surface area is 171 Å². The van der Waals surface area contributed by atoms with Crippen LogP contribution >= 0.6 is 28.1 Å². The number of amides is 1. The molecule has 1 atom stereocenters. The van der Waals surface area contributed by atoms with Crippen LogP contribution in [-0.2, 0) is 4.79 Å². The number of aryl methyl sites for hydroxylation is 1. The molecular formula is C19H19BrN4O2S. The van der Waals surface area contributed by atoms with Gasteiger partial charge in [0.05, 0.1) is 11.6 Å². The summed E-state index contributed by atoms with van der Waals surface area (Å²) >= 11 is 9.06. The van der Waals surface area contributed by atoms with Crippen molar-refractivity contribution in [1.29, 1.82) is 0 Å². The Bertz CT molecular complexity index is 933. The minimum atomic E-state index is -0.325. The van der Waals surface area contributed by atoms with E-state index in [4.69, 9.17) is 16.7 Å². The van der Waals surface area contributed by atoms with E-state index in [2.05, 4.69) is 36.6 Å². The van der Waals surface area contributed by atoms with Gasteiger partial charge in [-0.3, -0.25) is 4.79 Å². The fraction of sp³-hybridized carbons (Fsp3) is 0.316. The number of thiocarbonyl (C=S) groups is 1. The fourth-order valence-electron chi connectivity index (χ4n) is 3.34. The highest BCUT2D eigenvalue weighted by Crippen LogP contribution is 2.38. The normalized spacial score (nSPS) is 19.9. The van der Waals surface area contributed by atoms with Crippen molar-refractivity contribution in [3.63, 3.8) is 0 Å². The summed E-state index contributed by atoms with van der Waals surface area (Å²) in [6.45, 7) is 3.74. The minimum absolute atomic E-state index is 0.214. The Morgan fingerprint density at radius 2 is 2.04 bits per heavy atom. The predicted molar refractivity (Wildman–Crippen MR) is 110 cm³/mol. The van der Waals surface area contributed by atoms with Gasteiger partial charge in [0.25, 0.3) is 5.91 Å². The molecule has 1 aliphatic heterocycles. The van der Waals surface area contributed by atoms with E-state index in [1.807, 2.05) is 31.2 Å². The van der Waals surface area contributed by atoms with Gasteiger partial charge >= 0.3 is 0 Å². The van der Waals surface area contributed by atoms with Crippen molar-refractivity contribution >= 4 is 45.0 Å². The number of anilines is 1. The standard InChI is InChI=1S/C19H19BrN4O2S/c1-10-9-15(23-26-10)21-18(25)16-11(2)24(14-7-8-14)19(27)22-17(16)12-3-5-13(20)6-4-12/h3-6,9,14,17H,7-8H2,1-2H3,(H,22,27)(H,21,23,25). The summed E-state index contributed by atoms with van der Waals surface area (Å²) in [7, 11) is 0. The van der Waals surface area contributed by atoms with Crippen molar-refractivity contribution in [3.05, 3.63) is 57.4 Å². The lowest BCUT2D eigenvalue weighted by atomic mass is 9.94. The summed E-state index contributed by atoms with van der Waals surface area (Å²) in [5, 5.41) is 10.7. The molecular weight excluding hydrogens is 428 g/mol. The second-order valence-electron chi connectivity index (χ2n) is 6.81.